The van der Waals surface area contributed by atoms with E-state index in [0.717, 1.165) is 24.7 Å². The second kappa shape index (κ2) is 5.20. The molecule has 2 rings (SSSR count). The molecule has 0 spiro atoms. The molecule has 0 unspecified atom stereocenters. The third-order valence-corrected chi connectivity index (χ3v) is 3.18. The fraction of sp³-hybridized carbons (Fsp3) is 0.571. The molecule has 15 heavy (non-hydrogen) atoms. The van der Waals surface area contributed by atoms with Crippen LogP contribution in [0.15, 0.2) is 24.3 Å². The Labute approximate surface area is 92.5 Å². The summed E-state index contributed by atoms with van der Waals surface area (Å²) in [6.07, 6.45) is 6.53. The van der Waals surface area contributed by atoms with Crippen molar-refractivity contribution in [3.63, 3.8) is 0 Å². The van der Waals surface area contributed by atoms with Gasteiger partial charge >= 0.3 is 0 Å². The van der Waals surface area contributed by atoms with Gasteiger partial charge in [-0.1, -0.05) is 38.0 Å². The van der Waals surface area contributed by atoms with E-state index in [2.05, 4.69) is 31.2 Å². The van der Waals surface area contributed by atoms with E-state index in [1.807, 2.05) is 0 Å². The molecule has 0 atom stereocenters. The predicted octanol–water partition coefficient (Wildman–Crippen LogP) is 4.13. The molecule has 0 heterocycles. The molecular weight excluding hydrogens is 184 g/mol. The minimum Gasteiger partial charge on any atom is -0.493 e. The molecule has 82 valence electrons. The van der Waals surface area contributed by atoms with Gasteiger partial charge in [-0.2, -0.15) is 0 Å². The van der Waals surface area contributed by atoms with E-state index in [1.165, 1.54) is 31.2 Å². The predicted molar refractivity (Wildman–Crippen MR) is 63.4 cm³/mol. The summed E-state index contributed by atoms with van der Waals surface area (Å²) in [5, 5.41) is 0. The minimum absolute atomic E-state index is 0.748. The van der Waals surface area contributed by atoms with Gasteiger partial charge in [0.05, 0.1) is 6.61 Å². The zero-order chi connectivity index (χ0) is 10.5. The van der Waals surface area contributed by atoms with Gasteiger partial charge < -0.3 is 4.74 Å². The number of benzene rings is 1. The maximum atomic E-state index is 5.80. The van der Waals surface area contributed by atoms with Crippen molar-refractivity contribution >= 4 is 0 Å². The van der Waals surface area contributed by atoms with Crippen LogP contribution in [0.4, 0.5) is 0 Å². The Morgan fingerprint density at radius 3 is 2.67 bits per heavy atom. The first-order chi connectivity index (χ1) is 7.42. The van der Waals surface area contributed by atoms with Gasteiger partial charge in [0.25, 0.3) is 0 Å². The summed E-state index contributed by atoms with van der Waals surface area (Å²) >= 11 is 0. The van der Waals surface area contributed by atoms with E-state index in [0.29, 0.717) is 0 Å². The second-order valence-corrected chi connectivity index (χ2v) is 4.37. The van der Waals surface area contributed by atoms with E-state index in [-0.39, 0.29) is 0 Å². The van der Waals surface area contributed by atoms with Gasteiger partial charge in [-0.3, -0.25) is 0 Å². The smallest absolute Gasteiger partial charge is 0.122 e. The molecule has 1 saturated carbocycles. The highest BCUT2D eigenvalue weighted by atomic mass is 16.5. The van der Waals surface area contributed by atoms with Crippen molar-refractivity contribution in [2.24, 2.45) is 0 Å². The Kier molecular flexibility index (Phi) is 3.65. The minimum atomic E-state index is 0.748. The topological polar surface area (TPSA) is 9.23 Å². The third kappa shape index (κ3) is 2.53. The van der Waals surface area contributed by atoms with Crippen molar-refractivity contribution in [1.82, 2.24) is 0 Å². The van der Waals surface area contributed by atoms with Crippen LogP contribution in [0.2, 0.25) is 0 Å². The zero-order valence-electron chi connectivity index (χ0n) is 9.54. The van der Waals surface area contributed by atoms with Crippen molar-refractivity contribution in [3.8, 4) is 5.75 Å². The summed E-state index contributed by atoms with van der Waals surface area (Å²) in [6, 6.07) is 8.56. The molecule has 0 aliphatic heterocycles. The van der Waals surface area contributed by atoms with E-state index in [1.54, 1.807) is 0 Å². The Bertz CT molecular complexity index is 300. The molecule has 1 fully saturated rings. The SMILES string of the molecule is CCCOc1ccccc1C1CCCC1. The van der Waals surface area contributed by atoms with Crippen LogP contribution in [0.25, 0.3) is 0 Å². The number of ether oxygens (including phenoxy) is 1. The monoisotopic (exact) mass is 204 g/mol. The van der Waals surface area contributed by atoms with Crippen molar-refractivity contribution in [3.05, 3.63) is 29.8 Å². The summed E-state index contributed by atoms with van der Waals surface area (Å²) in [4.78, 5) is 0. The number of hydrogen-bond acceptors (Lipinski definition) is 1. The highest BCUT2D eigenvalue weighted by Crippen LogP contribution is 2.38. The molecule has 1 aromatic rings. The molecule has 1 aliphatic carbocycles. The van der Waals surface area contributed by atoms with Gasteiger partial charge in [-0.05, 0) is 36.8 Å². The Morgan fingerprint density at radius 2 is 1.93 bits per heavy atom. The lowest BCUT2D eigenvalue weighted by Crippen LogP contribution is -2.01. The van der Waals surface area contributed by atoms with E-state index >= 15 is 0 Å². The molecule has 0 bridgehead atoms. The standard InChI is InChI=1S/C14H20O/c1-2-11-15-14-10-6-5-9-13(14)12-7-3-4-8-12/h5-6,9-10,12H,2-4,7-8,11H2,1H3. The normalized spacial score (nSPS) is 16.9. The van der Waals surface area contributed by atoms with Crippen LogP contribution in [0, 0.1) is 0 Å². The van der Waals surface area contributed by atoms with E-state index in [9.17, 15) is 0 Å². The molecule has 0 amide bonds. The highest BCUT2D eigenvalue weighted by Gasteiger charge is 2.19. The highest BCUT2D eigenvalue weighted by molar-refractivity contribution is 5.36. The van der Waals surface area contributed by atoms with Gasteiger partial charge in [0.1, 0.15) is 5.75 Å². The average molecular weight is 204 g/mol. The molecule has 1 aliphatic rings. The van der Waals surface area contributed by atoms with Crippen LogP contribution in [0.1, 0.15) is 50.5 Å². The number of hydrogen-bond donors (Lipinski definition) is 0. The maximum Gasteiger partial charge on any atom is 0.122 e. The number of para-hydroxylation sites is 1. The summed E-state index contributed by atoms with van der Waals surface area (Å²) in [5.41, 5.74) is 1.43. The van der Waals surface area contributed by atoms with Gasteiger partial charge in [0.2, 0.25) is 0 Å². The lowest BCUT2D eigenvalue weighted by molar-refractivity contribution is 0.312. The first-order valence-corrected chi connectivity index (χ1v) is 6.13. The molecule has 1 heteroatoms. The lowest BCUT2D eigenvalue weighted by atomic mass is 9.97. The van der Waals surface area contributed by atoms with Crippen LogP contribution < -0.4 is 4.74 Å². The largest absolute Gasteiger partial charge is 0.493 e. The van der Waals surface area contributed by atoms with Gasteiger partial charge in [0, 0.05) is 0 Å². The van der Waals surface area contributed by atoms with Crippen molar-refractivity contribution in [1.29, 1.82) is 0 Å². The van der Waals surface area contributed by atoms with Gasteiger partial charge in [-0.15, -0.1) is 0 Å². The van der Waals surface area contributed by atoms with Crippen LogP contribution in [-0.2, 0) is 0 Å². The van der Waals surface area contributed by atoms with Gasteiger partial charge in [0.15, 0.2) is 0 Å². The Balaban J connectivity index is 2.13. The molecular formula is C14H20O. The Hall–Kier alpha value is -0.980. The summed E-state index contributed by atoms with van der Waals surface area (Å²) in [5.74, 6) is 1.87. The van der Waals surface area contributed by atoms with Crippen LogP contribution in [0.3, 0.4) is 0 Å². The molecule has 0 radical (unpaired) electrons. The number of rotatable bonds is 4. The molecule has 1 aromatic carbocycles. The van der Waals surface area contributed by atoms with Gasteiger partial charge in [-0.25, -0.2) is 0 Å². The van der Waals surface area contributed by atoms with Crippen molar-refractivity contribution in [2.45, 2.75) is 44.9 Å². The van der Waals surface area contributed by atoms with Crippen LogP contribution in [-0.4, -0.2) is 6.61 Å². The van der Waals surface area contributed by atoms with E-state index < -0.39 is 0 Å². The van der Waals surface area contributed by atoms with Crippen LogP contribution >= 0.6 is 0 Å². The molecule has 0 saturated heterocycles. The lowest BCUT2D eigenvalue weighted by Gasteiger charge is -2.15. The van der Waals surface area contributed by atoms with Crippen molar-refractivity contribution < 1.29 is 4.74 Å². The van der Waals surface area contributed by atoms with Crippen molar-refractivity contribution in [2.75, 3.05) is 6.61 Å². The average Bonchev–Trinajstić information content (AvgIpc) is 2.80. The maximum absolute atomic E-state index is 5.80. The fourth-order valence-electron chi connectivity index (χ4n) is 2.40. The third-order valence-electron chi connectivity index (χ3n) is 3.18. The molecule has 0 N–H and O–H groups in total. The first kappa shape index (κ1) is 10.5. The Morgan fingerprint density at radius 1 is 1.20 bits per heavy atom. The summed E-state index contributed by atoms with van der Waals surface area (Å²) in [6.45, 7) is 2.99. The fourth-order valence-corrected chi connectivity index (χ4v) is 2.40. The second-order valence-electron chi connectivity index (χ2n) is 4.37. The first-order valence-electron chi connectivity index (χ1n) is 6.13. The molecule has 1 nitrogen and oxygen atoms in total. The summed E-state index contributed by atoms with van der Waals surface area (Å²) < 4.78 is 5.80. The quantitative estimate of drug-likeness (QED) is 0.716. The molecule has 0 aromatic heterocycles. The van der Waals surface area contributed by atoms with Crippen LogP contribution in [0.5, 0.6) is 5.75 Å². The van der Waals surface area contributed by atoms with E-state index in [4.69, 9.17) is 4.74 Å². The zero-order valence-corrected chi connectivity index (χ0v) is 9.54. The summed E-state index contributed by atoms with van der Waals surface area (Å²) in [7, 11) is 0.